The first-order chi connectivity index (χ1) is 14.0. The number of nitrogens with zero attached hydrogens (tertiary/aromatic N) is 4. The van der Waals surface area contributed by atoms with Crippen LogP contribution in [0, 0.1) is 6.92 Å². The quantitative estimate of drug-likeness (QED) is 0.714. The SMILES string of the molecule is Cc1onc(-c2ccccc2)c1C(=O)N1CCC[C@@H](c2ccnn2CC(=O)O)C1. The number of likely N-dealkylation sites (tertiary alicyclic amines) is 1. The van der Waals surface area contributed by atoms with Crippen LogP contribution in [0.15, 0.2) is 47.1 Å². The Kier molecular flexibility index (Phi) is 5.16. The number of carbonyl (C=O) groups excluding carboxylic acids is 1. The number of carboxylic acid groups (broad SMARTS) is 1. The number of piperidine rings is 1. The van der Waals surface area contributed by atoms with E-state index in [0.29, 0.717) is 30.1 Å². The summed E-state index contributed by atoms with van der Waals surface area (Å²) < 4.78 is 6.85. The molecule has 1 aliphatic rings. The Morgan fingerprint density at radius 2 is 2.03 bits per heavy atom. The Balaban J connectivity index is 1.59. The number of carbonyl (C=O) groups is 2. The van der Waals surface area contributed by atoms with Gasteiger partial charge in [0.05, 0.1) is 0 Å². The van der Waals surface area contributed by atoms with E-state index in [2.05, 4.69) is 10.3 Å². The van der Waals surface area contributed by atoms with Crippen LogP contribution in [0.4, 0.5) is 0 Å². The highest BCUT2D eigenvalue weighted by molar-refractivity contribution is 6.00. The van der Waals surface area contributed by atoms with Gasteiger partial charge in [-0.3, -0.25) is 14.3 Å². The smallest absolute Gasteiger partial charge is 0.325 e. The summed E-state index contributed by atoms with van der Waals surface area (Å²) >= 11 is 0. The van der Waals surface area contributed by atoms with E-state index >= 15 is 0 Å². The average Bonchev–Trinajstić information content (AvgIpc) is 3.34. The third-order valence-electron chi connectivity index (χ3n) is 5.29. The topological polar surface area (TPSA) is 101 Å². The van der Waals surface area contributed by atoms with E-state index < -0.39 is 5.97 Å². The lowest BCUT2D eigenvalue weighted by molar-refractivity contribution is -0.137. The van der Waals surface area contributed by atoms with Gasteiger partial charge in [0.25, 0.3) is 5.91 Å². The van der Waals surface area contributed by atoms with Crippen LogP contribution in [0.1, 0.15) is 40.6 Å². The number of hydrogen-bond donors (Lipinski definition) is 1. The number of benzene rings is 1. The largest absolute Gasteiger partial charge is 0.480 e. The maximum atomic E-state index is 13.4. The summed E-state index contributed by atoms with van der Waals surface area (Å²) in [5, 5.41) is 17.3. The monoisotopic (exact) mass is 394 g/mol. The van der Waals surface area contributed by atoms with Crippen LogP contribution in [0.2, 0.25) is 0 Å². The van der Waals surface area contributed by atoms with Gasteiger partial charge >= 0.3 is 5.97 Å². The number of amides is 1. The van der Waals surface area contributed by atoms with Crippen molar-refractivity contribution in [2.24, 2.45) is 0 Å². The Bertz CT molecular complexity index is 1020. The molecule has 8 nitrogen and oxygen atoms in total. The fourth-order valence-electron chi connectivity index (χ4n) is 3.93. The molecule has 150 valence electrons. The zero-order valence-electron chi connectivity index (χ0n) is 16.1. The molecule has 3 aromatic rings. The van der Waals surface area contributed by atoms with Crippen molar-refractivity contribution in [3.05, 3.63) is 59.6 Å². The molecule has 1 aliphatic heterocycles. The molecule has 1 N–H and O–H groups in total. The highest BCUT2D eigenvalue weighted by Crippen LogP contribution is 2.31. The first-order valence-electron chi connectivity index (χ1n) is 9.59. The van der Waals surface area contributed by atoms with Gasteiger partial charge in [-0.15, -0.1) is 0 Å². The predicted molar refractivity (Wildman–Crippen MR) is 104 cm³/mol. The highest BCUT2D eigenvalue weighted by Gasteiger charge is 2.31. The Hall–Kier alpha value is -3.42. The summed E-state index contributed by atoms with van der Waals surface area (Å²) in [5.41, 5.74) is 2.71. The molecule has 1 aromatic carbocycles. The van der Waals surface area contributed by atoms with Gasteiger partial charge in [-0.1, -0.05) is 35.5 Å². The molecular formula is C21H22N4O4. The maximum absolute atomic E-state index is 13.4. The number of carboxylic acids is 1. The molecule has 1 saturated heterocycles. The first-order valence-corrected chi connectivity index (χ1v) is 9.59. The molecule has 0 radical (unpaired) electrons. The van der Waals surface area contributed by atoms with Gasteiger partial charge in [-0.05, 0) is 25.8 Å². The van der Waals surface area contributed by atoms with Crippen LogP contribution in [0.25, 0.3) is 11.3 Å². The molecule has 0 saturated carbocycles. The number of aliphatic carboxylic acids is 1. The minimum atomic E-state index is -0.939. The van der Waals surface area contributed by atoms with E-state index in [9.17, 15) is 9.59 Å². The predicted octanol–water partition coefficient (Wildman–Crippen LogP) is 2.95. The van der Waals surface area contributed by atoms with Crippen LogP contribution in [-0.2, 0) is 11.3 Å². The third kappa shape index (κ3) is 3.78. The van der Waals surface area contributed by atoms with Gasteiger partial charge in [0.2, 0.25) is 0 Å². The lowest BCUT2D eigenvalue weighted by Crippen LogP contribution is -2.40. The van der Waals surface area contributed by atoms with Crippen molar-refractivity contribution in [3.63, 3.8) is 0 Å². The zero-order valence-corrected chi connectivity index (χ0v) is 16.1. The van der Waals surface area contributed by atoms with E-state index in [-0.39, 0.29) is 18.4 Å². The summed E-state index contributed by atoms with van der Waals surface area (Å²) in [7, 11) is 0. The minimum absolute atomic E-state index is 0.0369. The molecule has 0 unspecified atom stereocenters. The van der Waals surface area contributed by atoms with Crippen LogP contribution in [-0.4, -0.2) is 49.9 Å². The van der Waals surface area contributed by atoms with Crippen molar-refractivity contribution < 1.29 is 19.2 Å². The summed E-state index contributed by atoms with van der Waals surface area (Å²) in [4.78, 5) is 26.3. The fraction of sp³-hybridized carbons (Fsp3) is 0.333. The van der Waals surface area contributed by atoms with E-state index in [0.717, 1.165) is 24.1 Å². The Labute approximate surface area is 167 Å². The molecule has 4 rings (SSSR count). The van der Waals surface area contributed by atoms with Crippen molar-refractivity contribution in [3.8, 4) is 11.3 Å². The lowest BCUT2D eigenvalue weighted by atomic mass is 9.93. The van der Waals surface area contributed by atoms with Crippen molar-refractivity contribution >= 4 is 11.9 Å². The van der Waals surface area contributed by atoms with Crippen LogP contribution >= 0.6 is 0 Å². The molecule has 0 spiro atoms. The number of hydrogen-bond acceptors (Lipinski definition) is 5. The van der Waals surface area contributed by atoms with Crippen molar-refractivity contribution in [1.29, 1.82) is 0 Å². The average molecular weight is 394 g/mol. The van der Waals surface area contributed by atoms with Crippen LogP contribution in [0.5, 0.6) is 0 Å². The van der Waals surface area contributed by atoms with E-state index in [4.69, 9.17) is 9.63 Å². The summed E-state index contributed by atoms with van der Waals surface area (Å²) in [5.74, 6) is -0.523. The van der Waals surface area contributed by atoms with Gasteiger partial charge < -0.3 is 14.5 Å². The second-order valence-electron chi connectivity index (χ2n) is 7.23. The third-order valence-corrected chi connectivity index (χ3v) is 5.29. The van der Waals surface area contributed by atoms with Crippen LogP contribution in [0.3, 0.4) is 0 Å². The Morgan fingerprint density at radius 1 is 1.24 bits per heavy atom. The molecular weight excluding hydrogens is 372 g/mol. The first kappa shape index (κ1) is 18.9. The Morgan fingerprint density at radius 3 is 2.79 bits per heavy atom. The molecule has 3 heterocycles. The van der Waals surface area contributed by atoms with Gasteiger partial charge in [0, 0.05) is 36.5 Å². The lowest BCUT2D eigenvalue weighted by Gasteiger charge is -2.33. The van der Waals surface area contributed by atoms with Crippen molar-refractivity contribution in [1.82, 2.24) is 19.8 Å². The number of rotatable bonds is 5. The van der Waals surface area contributed by atoms with Crippen molar-refractivity contribution in [2.45, 2.75) is 32.2 Å². The summed E-state index contributed by atoms with van der Waals surface area (Å²) in [6.07, 6.45) is 3.32. The number of aromatic nitrogens is 3. The second-order valence-corrected chi connectivity index (χ2v) is 7.23. The summed E-state index contributed by atoms with van der Waals surface area (Å²) in [6.45, 7) is 2.70. The van der Waals surface area contributed by atoms with Gasteiger partial charge in [0.15, 0.2) is 0 Å². The molecule has 2 aromatic heterocycles. The molecule has 0 bridgehead atoms. The standard InChI is InChI=1S/C21H22N4O4/c1-14-19(20(23-29-14)15-6-3-2-4-7-15)21(28)24-11-5-8-16(12-24)17-9-10-22-25(17)13-18(26)27/h2-4,6-7,9-10,16H,5,8,11-13H2,1H3,(H,26,27)/t16-/m1/s1. The molecule has 1 atom stereocenters. The van der Waals surface area contributed by atoms with Gasteiger partial charge in [-0.25, -0.2) is 0 Å². The van der Waals surface area contributed by atoms with E-state index in [1.165, 1.54) is 4.68 Å². The fourth-order valence-corrected chi connectivity index (χ4v) is 3.93. The number of aryl methyl sites for hydroxylation is 1. The van der Waals surface area contributed by atoms with Crippen LogP contribution < -0.4 is 0 Å². The maximum Gasteiger partial charge on any atom is 0.325 e. The highest BCUT2D eigenvalue weighted by atomic mass is 16.5. The molecule has 8 heteroatoms. The van der Waals surface area contributed by atoms with Gasteiger partial charge in [-0.2, -0.15) is 5.10 Å². The summed E-state index contributed by atoms with van der Waals surface area (Å²) in [6, 6.07) is 11.3. The van der Waals surface area contributed by atoms with E-state index in [1.807, 2.05) is 36.4 Å². The molecule has 1 amide bonds. The minimum Gasteiger partial charge on any atom is -0.480 e. The van der Waals surface area contributed by atoms with Gasteiger partial charge in [0.1, 0.15) is 23.6 Å². The second kappa shape index (κ2) is 7.90. The molecule has 29 heavy (non-hydrogen) atoms. The zero-order chi connectivity index (χ0) is 20.4. The molecule has 0 aliphatic carbocycles. The normalized spacial score (nSPS) is 16.7. The molecule has 1 fully saturated rings. The van der Waals surface area contributed by atoms with E-state index in [1.54, 1.807) is 18.0 Å². The van der Waals surface area contributed by atoms with Crippen molar-refractivity contribution in [2.75, 3.05) is 13.1 Å².